The Labute approximate surface area is 147 Å². The molecule has 0 aliphatic heterocycles. The maximum Gasteiger partial charge on any atom is 0.321 e. The second kappa shape index (κ2) is 8.62. The van der Waals surface area contributed by atoms with E-state index in [0.29, 0.717) is 12.1 Å². The zero-order valence-electron chi connectivity index (χ0n) is 14.6. The zero-order chi connectivity index (χ0) is 18.4. The van der Waals surface area contributed by atoms with Crippen molar-refractivity contribution in [1.82, 2.24) is 15.1 Å². The number of allylic oxidation sites excluding steroid dienone is 4. The molecule has 1 aliphatic rings. The number of carboxylic acid groups (broad SMARTS) is 2. The average molecular weight is 347 g/mol. The maximum atomic E-state index is 11.5. The van der Waals surface area contributed by atoms with Gasteiger partial charge in [-0.1, -0.05) is 26.0 Å². The van der Waals surface area contributed by atoms with Gasteiger partial charge in [0, 0.05) is 18.3 Å². The highest BCUT2D eigenvalue weighted by Crippen LogP contribution is 2.17. The van der Waals surface area contributed by atoms with Crippen molar-refractivity contribution in [3.05, 3.63) is 36.2 Å². The number of nitrogens with one attached hydrogen (secondary N) is 1. The fourth-order valence-electron chi connectivity index (χ4n) is 2.79. The van der Waals surface area contributed by atoms with Crippen LogP contribution in [0.1, 0.15) is 38.8 Å². The van der Waals surface area contributed by atoms with Crippen molar-refractivity contribution in [2.24, 2.45) is 5.92 Å². The summed E-state index contributed by atoms with van der Waals surface area (Å²) in [4.78, 5) is 22.9. The van der Waals surface area contributed by atoms with Crippen LogP contribution in [0.25, 0.3) is 5.70 Å². The Morgan fingerprint density at radius 3 is 2.56 bits per heavy atom. The number of rotatable bonds is 9. The summed E-state index contributed by atoms with van der Waals surface area (Å²) in [6.07, 6.45) is 10.2. The van der Waals surface area contributed by atoms with Gasteiger partial charge in [-0.25, -0.2) is 4.68 Å². The molecular weight excluding hydrogens is 322 g/mol. The van der Waals surface area contributed by atoms with E-state index in [2.05, 4.69) is 16.5 Å². The van der Waals surface area contributed by atoms with Crippen molar-refractivity contribution in [2.45, 2.75) is 51.6 Å². The summed E-state index contributed by atoms with van der Waals surface area (Å²) in [5, 5.41) is 25.9. The molecule has 0 amide bonds. The van der Waals surface area contributed by atoms with Gasteiger partial charge in [-0.15, -0.1) is 0 Å². The van der Waals surface area contributed by atoms with Gasteiger partial charge >= 0.3 is 11.9 Å². The molecule has 0 radical (unpaired) electrons. The van der Waals surface area contributed by atoms with E-state index in [1.165, 1.54) is 0 Å². The largest absolute Gasteiger partial charge is 0.480 e. The molecule has 25 heavy (non-hydrogen) atoms. The number of aromatic nitrogens is 2. The molecule has 1 aromatic rings. The summed E-state index contributed by atoms with van der Waals surface area (Å²) < 4.78 is 1.75. The number of nitrogens with zero attached hydrogens (tertiary/aromatic N) is 2. The Kier molecular flexibility index (Phi) is 6.52. The molecule has 2 atom stereocenters. The molecule has 0 fully saturated rings. The molecule has 1 heterocycles. The van der Waals surface area contributed by atoms with Crippen molar-refractivity contribution >= 4 is 17.6 Å². The van der Waals surface area contributed by atoms with E-state index in [9.17, 15) is 19.8 Å². The smallest absolute Gasteiger partial charge is 0.321 e. The van der Waals surface area contributed by atoms with Crippen LogP contribution in [0.15, 0.2) is 30.5 Å². The number of carbonyl (C=O) groups is 2. The number of aliphatic carboxylic acids is 2. The lowest BCUT2D eigenvalue weighted by molar-refractivity contribution is -0.142. The molecule has 0 saturated heterocycles. The third kappa shape index (κ3) is 5.56. The first-order valence-electron chi connectivity index (χ1n) is 8.49. The van der Waals surface area contributed by atoms with Gasteiger partial charge in [-0.05, 0) is 37.3 Å². The summed E-state index contributed by atoms with van der Waals surface area (Å²) in [6.45, 7) is 3.81. The quantitative estimate of drug-likeness (QED) is 0.632. The molecule has 0 aromatic carbocycles. The van der Waals surface area contributed by atoms with Crippen molar-refractivity contribution in [1.29, 1.82) is 0 Å². The van der Waals surface area contributed by atoms with E-state index >= 15 is 0 Å². The molecule has 7 heteroatoms. The van der Waals surface area contributed by atoms with E-state index in [4.69, 9.17) is 0 Å². The first kappa shape index (κ1) is 18.9. The van der Waals surface area contributed by atoms with Gasteiger partial charge in [-0.3, -0.25) is 14.9 Å². The summed E-state index contributed by atoms with van der Waals surface area (Å²) in [5.41, 5.74) is 1.67. The fraction of sp³-hybridized carbons (Fsp3) is 0.500. The molecule has 0 unspecified atom stereocenters. The van der Waals surface area contributed by atoms with Gasteiger partial charge in [-0.2, -0.15) is 5.10 Å². The molecule has 2 rings (SSSR count). The predicted molar refractivity (Wildman–Crippen MR) is 94.0 cm³/mol. The fourth-order valence-corrected chi connectivity index (χ4v) is 2.79. The Bertz CT molecular complexity index is 676. The molecule has 0 bridgehead atoms. The normalized spacial score (nSPS) is 16.5. The van der Waals surface area contributed by atoms with Crippen LogP contribution in [0, 0.1) is 5.92 Å². The summed E-state index contributed by atoms with van der Waals surface area (Å²) in [6, 6.07) is -0.118. The standard InChI is InChI=1S/C18H25N3O4/c1-12(2)10-15(17(22)23)19-16(18(24)25)11-13-8-9-21(20-13)14-6-4-3-5-7-14/h3-4,6,8-9,12,15-16,19H,5,7,10-11H2,1-2H3,(H,22,23)(H,24,25)/t15-,16-/m0/s1. The number of carboxylic acids is 2. The third-order valence-corrected chi connectivity index (χ3v) is 4.05. The van der Waals surface area contributed by atoms with E-state index in [1.54, 1.807) is 10.7 Å². The molecule has 0 saturated carbocycles. The monoisotopic (exact) mass is 347 g/mol. The average Bonchev–Trinajstić information content (AvgIpc) is 3.02. The minimum Gasteiger partial charge on any atom is -0.480 e. The minimum absolute atomic E-state index is 0.132. The lowest BCUT2D eigenvalue weighted by Crippen LogP contribution is -2.48. The van der Waals surface area contributed by atoms with Crippen LogP contribution in [0.2, 0.25) is 0 Å². The minimum atomic E-state index is -1.08. The number of hydrogen-bond acceptors (Lipinski definition) is 4. The Hall–Kier alpha value is -2.41. The van der Waals surface area contributed by atoms with E-state index < -0.39 is 24.0 Å². The first-order chi connectivity index (χ1) is 11.9. The lowest BCUT2D eigenvalue weighted by Gasteiger charge is -2.21. The van der Waals surface area contributed by atoms with Crippen LogP contribution >= 0.6 is 0 Å². The summed E-state index contributed by atoms with van der Waals surface area (Å²) in [5.74, 6) is -1.97. The van der Waals surface area contributed by atoms with Crippen LogP contribution in [-0.4, -0.2) is 44.0 Å². The van der Waals surface area contributed by atoms with Crippen molar-refractivity contribution in [2.75, 3.05) is 0 Å². The zero-order valence-corrected chi connectivity index (χ0v) is 14.6. The van der Waals surface area contributed by atoms with Crippen LogP contribution in [0.4, 0.5) is 0 Å². The molecule has 136 valence electrons. The lowest BCUT2D eigenvalue weighted by atomic mass is 10.0. The van der Waals surface area contributed by atoms with Crippen molar-refractivity contribution in [3.63, 3.8) is 0 Å². The van der Waals surface area contributed by atoms with E-state index in [-0.39, 0.29) is 12.3 Å². The third-order valence-electron chi connectivity index (χ3n) is 4.05. The van der Waals surface area contributed by atoms with Crippen LogP contribution < -0.4 is 5.32 Å². The second-order valence-electron chi connectivity index (χ2n) is 6.66. The topological polar surface area (TPSA) is 104 Å². The molecule has 1 aliphatic carbocycles. The Morgan fingerprint density at radius 1 is 1.28 bits per heavy atom. The highest BCUT2D eigenvalue weighted by atomic mass is 16.4. The van der Waals surface area contributed by atoms with Gasteiger partial charge < -0.3 is 10.2 Å². The molecular formula is C18H25N3O4. The second-order valence-corrected chi connectivity index (χ2v) is 6.66. The summed E-state index contributed by atoms with van der Waals surface area (Å²) >= 11 is 0. The highest BCUT2D eigenvalue weighted by Gasteiger charge is 2.27. The van der Waals surface area contributed by atoms with Gasteiger partial charge in [0.05, 0.1) is 5.69 Å². The Morgan fingerprint density at radius 2 is 2.00 bits per heavy atom. The van der Waals surface area contributed by atoms with Gasteiger partial charge in [0.15, 0.2) is 0 Å². The Balaban J connectivity index is 2.07. The highest BCUT2D eigenvalue weighted by molar-refractivity contribution is 5.77. The number of hydrogen-bond donors (Lipinski definition) is 3. The van der Waals surface area contributed by atoms with Crippen molar-refractivity contribution < 1.29 is 19.8 Å². The van der Waals surface area contributed by atoms with Crippen molar-refractivity contribution in [3.8, 4) is 0 Å². The molecule has 3 N–H and O–H groups in total. The predicted octanol–water partition coefficient (Wildman–Crippen LogP) is 2.16. The molecule has 1 aromatic heterocycles. The van der Waals surface area contributed by atoms with Crippen LogP contribution in [-0.2, 0) is 16.0 Å². The molecule has 0 spiro atoms. The van der Waals surface area contributed by atoms with Gasteiger partial charge in [0.2, 0.25) is 0 Å². The SMILES string of the molecule is CC(C)C[C@H](N[C@@H](Cc1ccn(C2=CC=CCC2)n1)C(=O)O)C(=O)O. The summed E-state index contributed by atoms with van der Waals surface area (Å²) in [7, 11) is 0. The maximum absolute atomic E-state index is 11.5. The van der Waals surface area contributed by atoms with Gasteiger partial charge in [0.1, 0.15) is 12.1 Å². The van der Waals surface area contributed by atoms with Gasteiger partial charge in [0.25, 0.3) is 0 Å². The van der Waals surface area contributed by atoms with E-state index in [1.807, 2.05) is 32.2 Å². The van der Waals surface area contributed by atoms with Crippen LogP contribution in [0.3, 0.4) is 0 Å². The first-order valence-corrected chi connectivity index (χ1v) is 8.49. The molecule has 7 nitrogen and oxygen atoms in total. The van der Waals surface area contributed by atoms with Crippen LogP contribution in [0.5, 0.6) is 0 Å². The van der Waals surface area contributed by atoms with E-state index in [0.717, 1.165) is 18.5 Å².